The fourth-order valence-corrected chi connectivity index (χ4v) is 2.47. The van der Waals surface area contributed by atoms with Crippen LogP contribution in [0.1, 0.15) is 18.4 Å². The first kappa shape index (κ1) is 16.2. The first-order valence-electron chi connectivity index (χ1n) is 7.32. The summed E-state index contributed by atoms with van der Waals surface area (Å²) in [6.07, 6.45) is 3.69. The molecule has 0 aliphatic carbocycles. The number of aliphatic carboxylic acids is 1. The fourth-order valence-electron chi connectivity index (χ4n) is 2.47. The molecule has 0 radical (unpaired) electrons. The summed E-state index contributed by atoms with van der Waals surface area (Å²) in [6, 6.07) is 3.37. The van der Waals surface area contributed by atoms with Crippen molar-refractivity contribution in [2.75, 3.05) is 32.1 Å². The normalized spacial score (nSPS) is 18.0. The Morgan fingerprint density at radius 1 is 1.55 bits per heavy atom. The van der Waals surface area contributed by atoms with Gasteiger partial charge in [0.2, 0.25) is 0 Å². The van der Waals surface area contributed by atoms with Crippen LogP contribution in [0.3, 0.4) is 0 Å². The van der Waals surface area contributed by atoms with Crippen molar-refractivity contribution in [3.8, 4) is 0 Å². The third-order valence-corrected chi connectivity index (χ3v) is 3.71. The third kappa shape index (κ3) is 4.42. The minimum absolute atomic E-state index is 0.241. The van der Waals surface area contributed by atoms with E-state index < -0.39 is 11.9 Å². The van der Waals surface area contributed by atoms with Crippen LogP contribution in [0.5, 0.6) is 0 Å². The second-order valence-corrected chi connectivity index (χ2v) is 5.35. The van der Waals surface area contributed by atoms with Gasteiger partial charge in [0.15, 0.2) is 0 Å². The molecule has 1 aliphatic rings. The molecule has 1 aromatic heterocycles. The molecule has 0 unspecified atom stereocenters. The van der Waals surface area contributed by atoms with E-state index in [0.29, 0.717) is 31.8 Å². The van der Waals surface area contributed by atoms with Gasteiger partial charge in [-0.05, 0) is 37.0 Å². The summed E-state index contributed by atoms with van der Waals surface area (Å²) < 4.78 is 5.02. The molecule has 0 spiro atoms. The molecule has 7 nitrogen and oxygen atoms in total. The molecular formula is C15H21N3O4. The summed E-state index contributed by atoms with van der Waals surface area (Å²) >= 11 is 0. The van der Waals surface area contributed by atoms with E-state index in [0.717, 1.165) is 12.0 Å². The number of nitrogens with zero attached hydrogens (tertiary/aromatic N) is 2. The minimum Gasteiger partial charge on any atom is -0.481 e. The number of ether oxygens (including phenoxy) is 1. The molecule has 1 saturated heterocycles. The van der Waals surface area contributed by atoms with Gasteiger partial charge in [-0.2, -0.15) is 0 Å². The Balaban J connectivity index is 1.95. The summed E-state index contributed by atoms with van der Waals surface area (Å²) in [4.78, 5) is 28.9. The molecule has 1 aromatic rings. The second-order valence-electron chi connectivity index (χ2n) is 5.35. The fraction of sp³-hybridized carbons (Fsp3) is 0.533. The Morgan fingerprint density at radius 3 is 3.09 bits per heavy atom. The molecule has 120 valence electrons. The van der Waals surface area contributed by atoms with Crippen LogP contribution < -0.4 is 5.32 Å². The average Bonchev–Trinajstić information content (AvgIpc) is 2.53. The quantitative estimate of drug-likeness (QED) is 0.862. The maximum absolute atomic E-state index is 12.2. The zero-order chi connectivity index (χ0) is 15.9. The molecule has 1 atom stereocenters. The van der Waals surface area contributed by atoms with Gasteiger partial charge in [-0.3, -0.25) is 10.1 Å². The molecule has 2 N–H and O–H groups in total. The van der Waals surface area contributed by atoms with E-state index >= 15 is 0 Å². The number of amides is 2. The van der Waals surface area contributed by atoms with Crippen molar-refractivity contribution >= 4 is 17.8 Å². The SMILES string of the molecule is COCCc1ccnc(NC(=O)N2CCC[C@H](C(=O)O)C2)c1. The van der Waals surface area contributed by atoms with Crippen LogP contribution >= 0.6 is 0 Å². The lowest BCUT2D eigenvalue weighted by atomic mass is 9.99. The Hall–Kier alpha value is -2.15. The number of rotatable bonds is 5. The highest BCUT2D eigenvalue weighted by Gasteiger charge is 2.28. The largest absolute Gasteiger partial charge is 0.481 e. The minimum atomic E-state index is -0.850. The lowest BCUT2D eigenvalue weighted by molar-refractivity contribution is -0.143. The summed E-state index contributed by atoms with van der Waals surface area (Å²) in [7, 11) is 1.64. The number of carboxylic acids is 1. The van der Waals surface area contributed by atoms with Gasteiger partial charge in [0.1, 0.15) is 5.82 Å². The predicted octanol–water partition coefficient (Wildman–Crippen LogP) is 1.60. The van der Waals surface area contributed by atoms with E-state index in [-0.39, 0.29) is 12.6 Å². The lowest BCUT2D eigenvalue weighted by Gasteiger charge is -2.30. The Bertz CT molecular complexity index is 535. The molecule has 0 saturated carbocycles. The van der Waals surface area contributed by atoms with Gasteiger partial charge >= 0.3 is 12.0 Å². The van der Waals surface area contributed by atoms with Gasteiger partial charge in [-0.15, -0.1) is 0 Å². The van der Waals surface area contributed by atoms with Gasteiger partial charge in [-0.1, -0.05) is 0 Å². The van der Waals surface area contributed by atoms with Gasteiger partial charge < -0.3 is 14.7 Å². The van der Waals surface area contributed by atoms with Crippen molar-refractivity contribution in [1.29, 1.82) is 0 Å². The van der Waals surface area contributed by atoms with Crippen molar-refractivity contribution in [2.45, 2.75) is 19.3 Å². The molecule has 0 bridgehead atoms. The number of piperidine rings is 1. The van der Waals surface area contributed by atoms with Crippen LogP contribution in [0.15, 0.2) is 18.3 Å². The summed E-state index contributed by atoms with van der Waals surface area (Å²) in [5.41, 5.74) is 1.02. The first-order chi connectivity index (χ1) is 10.6. The number of methoxy groups -OCH3 is 1. The zero-order valence-electron chi connectivity index (χ0n) is 12.6. The smallest absolute Gasteiger partial charge is 0.323 e. The highest BCUT2D eigenvalue weighted by Crippen LogP contribution is 2.18. The number of anilines is 1. The van der Waals surface area contributed by atoms with Crippen LogP contribution in [-0.2, 0) is 16.0 Å². The van der Waals surface area contributed by atoms with Crippen molar-refractivity contribution in [1.82, 2.24) is 9.88 Å². The monoisotopic (exact) mass is 307 g/mol. The third-order valence-electron chi connectivity index (χ3n) is 3.71. The van der Waals surface area contributed by atoms with Gasteiger partial charge in [0, 0.05) is 26.4 Å². The Morgan fingerprint density at radius 2 is 2.36 bits per heavy atom. The van der Waals surface area contributed by atoms with Gasteiger partial charge in [0.05, 0.1) is 12.5 Å². The Labute approximate surface area is 129 Å². The highest BCUT2D eigenvalue weighted by atomic mass is 16.5. The number of carboxylic acid groups (broad SMARTS) is 1. The predicted molar refractivity (Wildman–Crippen MR) is 80.8 cm³/mol. The van der Waals surface area contributed by atoms with Crippen LogP contribution in [-0.4, -0.2) is 53.8 Å². The summed E-state index contributed by atoms with van der Waals surface area (Å²) in [6.45, 7) is 1.41. The number of carbonyl (C=O) groups is 2. The molecular weight excluding hydrogens is 286 g/mol. The second kappa shape index (κ2) is 7.74. The van der Waals surface area contributed by atoms with E-state index in [9.17, 15) is 9.59 Å². The van der Waals surface area contributed by atoms with Crippen LogP contribution in [0.2, 0.25) is 0 Å². The summed E-state index contributed by atoms with van der Waals surface area (Å²) in [5.74, 6) is -0.867. The molecule has 1 aliphatic heterocycles. The number of urea groups is 1. The molecule has 2 heterocycles. The van der Waals surface area contributed by atoms with Crippen molar-refractivity contribution in [3.63, 3.8) is 0 Å². The van der Waals surface area contributed by atoms with E-state index in [4.69, 9.17) is 9.84 Å². The van der Waals surface area contributed by atoms with Crippen LogP contribution in [0.4, 0.5) is 10.6 Å². The van der Waals surface area contributed by atoms with Crippen LogP contribution in [0.25, 0.3) is 0 Å². The Kier molecular flexibility index (Phi) is 5.71. The standard InChI is InChI=1S/C15H21N3O4/c1-22-8-5-11-4-6-16-13(9-11)17-15(21)18-7-2-3-12(10-18)14(19)20/h4,6,9,12H,2-3,5,7-8,10H2,1H3,(H,19,20)(H,16,17,21)/t12-/m0/s1. The maximum atomic E-state index is 12.2. The summed E-state index contributed by atoms with van der Waals surface area (Å²) in [5, 5.41) is 11.8. The number of hydrogen-bond acceptors (Lipinski definition) is 4. The topological polar surface area (TPSA) is 91.8 Å². The highest BCUT2D eigenvalue weighted by molar-refractivity contribution is 5.88. The molecule has 2 rings (SSSR count). The number of aromatic nitrogens is 1. The van der Waals surface area contributed by atoms with Gasteiger partial charge in [0.25, 0.3) is 0 Å². The van der Waals surface area contributed by atoms with E-state index in [1.165, 1.54) is 4.90 Å². The molecule has 22 heavy (non-hydrogen) atoms. The number of hydrogen-bond donors (Lipinski definition) is 2. The van der Waals surface area contributed by atoms with E-state index in [1.54, 1.807) is 19.4 Å². The zero-order valence-corrected chi connectivity index (χ0v) is 12.6. The van der Waals surface area contributed by atoms with Crippen molar-refractivity contribution in [2.24, 2.45) is 5.92 Å². The first-order valence-corrected chi connectivity index (χ1v) is 7.32. The number of nitrogens with one attached hydrogen (secondary N) is 1. The molecule has 2 amide bonds. The van der Waals surface area contributed by atoms with Crippen molar-refractivity contribution < 1.29 is 19.4 Å². The van der Waals surface area contributed by atoms with E-state index in [2.05, 4.69) is 10.3 Å². The number of pyridine rings is 1. The number of carbonyl (C=O) groups excluding carboxylic acids is 1. The van der Waals surface area contributed by atoms with Crippen molar-refractivity contribution in [3.05, 3.63) is 23.9 Å². The van der Waals surface area contributed by atoms with E-state index in [1.807, 2.05) is 6.07 Å². The molecule has 0 aromatic carbocycles. The molecule has 1 fully saturated rings. The maximum Gasteiger partial charge on any atom is 0.323 e. The van der Waals surface area contributed by atoms with Gasteiger partial charge in [-0.25, -0.2) is 9.78 Å². The number of likely N-dealkylation sites (tertiary alicyclic amines) is 1. The van der Waals surface area contributed by atoms with Crippen LogP contribution in [0, 0.1) is 5.92 Å². The molecule has 7 heteroatoms. The average molecular weight is 307 g/mol. The lowest BCUT2D eigenvalue weighted by Crippen LogP contribution is -2.44.